The molecule has 7 nitrogen and oxygen atoms in total. The van der Waals surface area contributed by atoms with E-state index in [1.807, 2.05) is 0 Å². The number of carbonyl (C=O) groups excluding carboxylic acids is 1. The van der Waals surface area contributed by atoms with E-state index in [2.05, 4.69) is 25.3 Å². The number of hydrogen-bond acceptors (Lipinski definition) is 6. The van der Waals surface area contributed by atoms with E-state index >= 15 is 0 Å². The van der Waals surface area contributed by atoms with Crippen LogP contribution in [0.5, 0.6) is 5.88 Å². The molecule has 10 heteroatoms. The maximum Gasteiger partial charge on any atom is 0.419 e. The quantitative estimate of drug-likeness (QED) is 0.907. The first-order valence-corrected chi connectivity index (χ1v) is 5.51. The van der Waals surface area contributed by atoms with Crippen LogP contribution in [0.1, 0.15) is 5.56 Å². The molecule has 1 N–H and O–H groups in total. The molecule has 0 aliphatic rings. The lowest BCUT2D eigenvalue weighted by molar-refractivity contribution is -0.138. The number of aromatic nitrogens is 4. The third-order valence-electron chi connectivity index (χ3n) is 2.25. The molecule has 0 spiro atoms. The molecule has 2 heterocycles. The second-order valence-electron chi connectivity index (χ2n) is 3.67. The van der Waals surface area contributed by atoms with Crippen LogP contribution in [0.4, 0.5) is 18.0 Å². The van der Waals surface area contributed by atoms with Crippen molar-refractivity contribution >= 4 is 6.09 Å². The number of ether oxygens (including phenoxy) is 1. The smallest absolute Gasteiger partial charge is 0.391 e. The van der Waals surface area contributed by atoms with E-state index in [4.69, 9.17) is 4.74 Å². The van der Waals surface area contributed by atoms with Crippen molar-refractivity contribution < 1.29 is 22.7 Å². The largest absolute Gasteiger partial charge is 0.419 e. The number of rotatable bonds is 2. The van der Waals surface area contributed by atoms with E-state index in [1.165, 1.54) is 13.1 Å². The van der Waals surface area contributed by atoms with E-state index < -0.39 is 17.8 Å². The molecule has 2 aromatic rings. The molecule has 0 aromatic carbocycles. The van der Waals surface area contributed by atoms with Crippen molar-refractivity contribution in [2.75, 3.05) is 7.05 Å². The Balaban J connectivity index is 2.26. The van der Waals surface area contributed by atoms with Gasteiger partial charge in [0.05, 0.1) is 5.56 Å². The highest BCUT2D eigenvalue weighted by Gasteiger charge is 2.31. The highest BCUT2D eigenvalue weighted by Crippen LogP contribution is 2.28. The summed E-state index contributed by atoms with van der Waals surface area (Å²) in [5, 5.41) is 2.22. The van der Waals surface area contributed by atoms with Crippen molar-refractivity contribution in [1.82, 2.24) is 25.3 Å². The van der Waals surface area contributed by atoms with Gasteiger partial charge in [0, 0.05) is 25.5 Å². The van der Waals surface area contributed by atoms with Gasteiger partial charge in [-0.1, -0.05) is 0 Å². The van der Waals surface area contributed by atoms with E-state index in [0.717, 1.165) is 6.33 Å². The summed E-state index contributed by atoms with van der Waals surface area (Å²) < 4.78 is 42.0. The minimum Gasteiger partial charge on any atom is -0.391 e. The molecule has 0 aliphatic carbocycles. The highest BCUT2D eigenvalue weighted by molar-refractivity contribution is 5.69. The first-order valence-electron chi connectivity index (χ1n) is 5.51. The summed E-state index contributed by atoms with van der Waals surface area (Å²) in [6, 6.07) is 1.23. The Morgan fingerprint density at radius 3 is 2.43 bits per heavy atom. The van der Waals surface area contributed by atoms with E-state index in [0.29, 0.717) is 12.4 Å². The molecular weight excluding hydrogens is 291 g/mol. The first kappa shape index (κ1) is 14.6. The summed E-state index contributed by atoms with van der Waals surface area (Å²) >= 11 is 0. The molecule has 0 atom stereocenters. The Morgan fingerprint density at radius 1 is 1.19 bits per heavy atom. The molecule has 0 saturated heterocycles. The van der Waals surface area contributed by atoms with Crippen LogP contribution in [-0.4, -0.2) is 33.1 Å². The van der Waals surface area contributed by atoms with Gasteiger partial charge in [0.15, 0.2) is 5.82 Å². The van der Waals surface area contributed by atoms with E-state index in [1.54, 1.807) is 0 Å². The molecular formula is C11H8F3N5O2. The minimum atomic E-state index is -4.52. The maximum atomic E-state index is 12.4. The summed E-state index contributed by atoms with van der Waals surface area (Å²) in [5.74, 6) is -0.130. The van der Waals surface area contributed by atoms with Gasteiger partial charge in [-0.2, -0.15) is 13.2 Å². The van der Waals surface area contributed by atoms with Crippen LogP contribution < -0.4 is 10.1 Å². The van der Waals surface area contributed by atoms with Crippen LogP contribution in [0.25, 0.3) is 11.5 Å². The number of carbonyl (C=O) groups is 1. The Kier molecular flexibility index (Phi) is 3.96. The van der Waals surface area contributed by atoms with Gasteiger partial charge in [-0.15, -0.1) is 0 Å². The van der Waals surface area contributed by atoms with Gasteiger partial charge < -0.3 is 10.1 Å². The van der Waals surface area contributed by atoms with Crippen LogP contribution in [-0.2, 0) is 6.18 Å². The summed E-state index contributed by atoms with van der Waals surface area (Å²) in [4.78, 5) is 25.7. The molecule has 0 fully saturated rings. The number of halogens is 3. The normalized spacial score (nSPS) is 11.0. The molecule has 2 rings (SSSR count). The number of nitrogens with zero attached hydrogens (tertiary/aromatic N) is 4. The van der Waals surface area contributed by atoms with Crippen LogP contribution in [0.2, 0.25) is 0 Å². The lowest BCUT2D eigenvalue weighted by atomic mass is 10.3. The number of nitrogens with one attached hydrogen (secondary N) is 1. The van der Waals surface area contributed by atoms with Gasteiger partial charge in [0.2, 0.25) is 5.88 Å². The van der Waals surface area contributed by atoms with Crippen LogP contribution in [0, 0.1) is 0 Å². The molecule has 2 aromatic heterocycles. The van der Waals surface area contributed by atoms with Gasteiger partial charge in [-0.3, -0.25) is 0 Å². The van der Waals surface area contributed by atoms with Crippen LogP contribution >= 0.6 is 0 Å². The molecule has 0 saturated carbocycles. The zero-order valence-corrected chi connectivity index (χ0v) is 10.5. The topological polar surface area (TPSA) is 89.9 Å². The lowest BCUT2D eigenvalue weighted by Gasteiger charge is -2.06. The van der Waals surface area contributed by atoms with Crippen molar-refractivity contribution in [1.29, 1.82) is 0 Å². The van der Waals surface area contributed by atoms with Crippen LogP contribution in [0.3, 0.4) is 0 Å². The molecule has 21 heavy (non-hydrogen) atoms. The average molecular weight is 299 g/mol. The second kappa shape index (κ2) is 5.69. The average Bonchev–Trinajstić information content (AvgIpc) is 2.46. The Bertz CT molecular complexity index is 645. The van der Waals surface area contributed by atoms with Gasteiger partial charge >= 0.3 is 12.3 Å². The predicted octanol–water partition coefficient (Wildman–Crippen LogP) is 1.67. The summed E-state index contributed by atoms with van der Waals surface area (Å²) in [7, 11) is 1.36. The number of amides is 1. The van der Waals surface area contributed by atoms with Crippen LogP contribution in [0.15, 0.2) is 24.8 Å². The SMILES string of the molecule is CNC(=O)Oc1cc(-c2ncc(C(F)(F)F)cn2)ncn1. The number of hydrogen-bond donors (Lipinski definition) is 1. The molecule has 1 amide bonds. The summed E-state index contributed by atoms with van der Waals surface area (Å²) in [6.07, 6.45) is -2.90. The zero-order chi connectivity index (χ0) is 15.5. The third-order valence-corrected chi connectivity index (χ3v) is 2.25. The minimum absolute atomic E-state index is 0.0489. The van der Waals surface area contributed by atoms with Gasteiger partial charge in [-0.05, 0) is 0 Å². The number of alkyl halides is 3. The molecule has 0 radical (unpaired) electrons. The molecule has 0 bridgehead atoms. The fourth-order valence-corrected chi connectivity index (χ4v) is 1.27. The lowest BCUT2D eigenvalue weighted by Crippen LogP contribution is -2.22. The fourth-order valence-electron chi connectivity index (χ4n) is 1.27. The van der Waals surface area contributed by atoms with Crippen molar-refractivity contribution in [3.63, 3.8) is 0 Å². The van der Waals surface area contributed by atoms with Crippen molar-refractivity contribution in [2.45, 2.75) is 6.18 Å². The van der Waals surface area contributed by atoms with Gasteiger partial charge in [0.1, 0.15) is 12.0 Å². The monoisotopic (exact) mass is 299 g/mol. The van der Waals surface area contributed by atoms with Gasteiger partial charge in [0.25, 0.3) is 0 Å². The fraction of sp³-hybridized carbons (Fsp3) is 0.182. The maximum absolute atomic E-state index is 12.4. The predicted molar refractivity (Wildman–Crippen MR) is 63.1 cm³/mol. The standard InChI is InChI=1S/C11H8F3N5O2/c1-15-10(20)21-8-2-7(18-5-19-8)9-16-3-6(4-17-9)11(12,13)14/h2-5H,1H3,(H,15,20). The van der Waals surface area contributed by atoms with Gasteiger partial charge in [-0.25, -0.2) is 24.7 Å². The van der Waals surface area contributed by atoms with Crippen molar-refractivity contribution in [2.24, 2.45) is 0 Å². The Morgan fingerprint density at radius 2 is 1.86 bits per heavy atom. The Labute approximate surface area is 116 Å². The Hall–Kier alpha value is -2.78. The van der Waals surface area contributed by atoms with Crippen molar-refractivity contribution in [3.8, 4) is 17.4 Å². The second-order valence-corrected chi connectivity index (χ2v) is 3.67. The molecule has 0 unspecified atom stereocenters. The third kappa shape index (κ3) is 3.61. The highest BCUT2D eigenvalue weighted by atomic mass is 19.4. The van der Waals surface area contributed by atoms with E-state index in [-0.39, 0.29) is 17.4 Å². The summed E-state index contributed by atoms with van der Waals surface area (Å²) in [6.45, 7) is 0. The molecule has 110 valence electrons. The molecule has 0 aliphatic heterocycles. The summed E-state index contributed by atoms with van der Waals surface area (Å²) in [5.41, 5.74) is -0.847. The van der Waals surface area contributed by atoms with Crippen molar-refractivity contribution in [3.05, 3.63) is 30.4 Å². The van der Waals surface area contributed by atoms with E-state index in [9.17, 15) is 18.0 Å². The first-order chi connectivity index (χ1) is 9.90. The zero-order valence-electron chi connectivity index (χ0n) is 10.5.